The first-order valence-electron chi connectivity index (χ1n) is 5.96. The minimum atomic E-state index is -0.485. The first kappa shape index (κ1) is 13.4. The second kappa shape index (κ2) is 5.33. The van der Waals surface area contributed by atoms with Crippen molar-refractivity contribution in [2.75, 3.05) is 13.6 Å². The van der Waals surface area contributed by atoms with Gasteiger partial charge in [0.05, 0.1) is 12.3 Å². The molecule has 0 spiro atoms. The molecule has 0 amide bonds. The van der Waals surface area contributed by atoms with Crippen LogP contribution in [0.1, 0.15) is 12.6 Å². The van der Waals surface area contributed by atoms with Gasteiger partial charge in [-0.2, -0.15) is 4.40 Å². The fourth-order valence-electron chi connectivity index (χ4n) is 2.10. The van der Waals surface area contributed by atoms with Gasteiger partial charge in [0.1, 0.15) is 0 Å². The number of aromatic nitrogens is 2. The number of aliphatic hydroxyl groups excluding tert-OH is 1. The maximum Gasteiger partial charge on any atom is 0.352 e. The van der Waals surface area contributed by atoms with Gasteiger partial charge in [0.2, 0.25) is 5.65 Å². The number of imidazole rings is 1. The zero-order valence-electron chi connectivity index (χ0n) is 10.9. The van der Waals surface area contributed by atoms with E-state index in [0.717, 1.165) is 0 Å². The maximum absolute atomic E-state index is 11.2. The van der Waals surface area contributed by atoms with Crippen molar-refractivity contribution in [2.45, 2.75) is 19.6 Å². The van der Waals surface area contributed by atoms with Crippen molar-refractivity contribution in [3.8, 4) is 0 Å². The van der Waals surface area contributed by atoms with Crippen LogP contribution in [0.15, 0.2) is 24.4 Å². The van der Waals surface area contributed by atoms with Crippen molar-refractivity contribution >= 4 is 11.5 Å². The minimum Gasteiger partial charge on any atom is -0.392 e. The highest BCUT2D eigenvalue weighted by atomic mass is 16.6. The van der Waals surface area contributed by atoms with Crippen molar-refractivity contribution in [1.82, 2.24) is 14.3 Å². The van der Waals surface area contributed by atoms with Gasteiger partial charge in [-0.15, -0.1) is 0 Å². The molecule has 2 rings (SSSR count). The van der Waals surface area contributed by atoms with Gasteiger partial charge in [-0.25, -0.2) is 4.98 Å². The highest BCUT2D eigenvalue weighted by Gasteiger charge is 2.23. The van der Waals surface area contributed by atoms with E-state index >= 15 is 0 Å². The lowest BCUT2D eigenvalue weighted by atomic mass is 10.3. The first-order chi connectivity index (χ1) is 8.99. The molecule has 0 aliphatic rings. The van der Waals surface area contributed by atoms with Crippen molar-refractivity contribution in [2.24, 2.45) is 0 Å². The van der Waals surface area contributed by atoms with Gasteiger partial charge in [0.15, 0.2) is 5.69 Å². The number of hydrogen-bond acceptors (Lipinski definition) is 5. The lowest BCUT2D eigenvalue weighted by Crippen LogP contribution is -2.27. The largest absolute Gasteiger partial charge is 0.392 e. The molecule has 0 aliphatic carbocycles. The van der Waals surface area contributed by atoms with Crippen molar-refractivity contribution < 1.29 is 10.0 Å². The third kappa shape index (κ3) is 2.88. The average Bonchev–Trinajstić information content (AvgIpc) is 2.64. The highest BCUT2D eigenvalue weighted by Crippen LogP contribution is 2.21. The lowest BCUT2D eigenvalue weighted by molar-refractivity contribution is -0.391. The number of likely N-dealkylation sites (N-methyl/N-ethyl adjacent to an activating group) is 1. The van der Waals surface area contributed by atoms with Gasteiger partial charge >= 0.3 is 5.82 Å². The fraction of sp³-hybridized carbons (Fsp3) is 0.417. The summed E-state index contributed by atoms with van der Waals surface area (Å²) in [5, 5.41) is 20.5. The Labute approximate surface area is 110 Å². The molecular weight excluding hydrogens is 248 g/mol. The van der Waals surface area contributed by atoms with Crippen LogP contribution in [0.3, 0.4) is 0 Å². The van der Waals surface area contributed by atoms with Gasteiger partial charge in [-0.05, 0) is 25.0 Å². The Hall–Kier alpha value is -1.99. The number of fused-ring (bicyclic) bond motifs is 1. The molecule has 0 aliphatic heterocycles. The molecule has 19 heavy (non-hydrogen) atoms. The number of pyridine rings is 1. The number of nitrogens with zero attached hydrogens (tertiary/aromatic N) is 4. The molecule has 0 saturated carbocycles. The summed E-state index contributed by atoms with van der Waals surface area (Å²) in [6.07, 6.45) is 1.14. The van der Waals surface area contributed by atoms with Crippen LogP contribution in [-0.4, -0.2) is 44.0 Å². The van der Waals surface area contributed by atoms with Gasteiger partial charge < -0.3 is 15.2 Å². The summed E-state index contributed by atoms with van der Waals surface area (Å²) < 4.78 is 1.46. The SMILES string of the molecule is CC(O)CN(C)Cc1nc2ccccn2c1[N+](=O)[O-]. The van der Waals surface area contributed by atoms with E-state index < -0.39 is 11.0 Å². The third-order valence-corrected chi connectivity index (χ3v) is 2.74. The van der Waals surface area contributed by atoms with Crippen LogP contribution >= 0.6 is 0 Å². The number of nitro groups is 1. The average molecular weight is 264 g/mol. The molecule has 0 bridgehead atoms. The van der Waals surface area contributed by atoms with Crippen LogP contribution in [0.4, 0.5) is 5.82 Å². The Balaban J connectivity index is 2.37. The summed E-state index contributed by atoms with van der Waals surface area (Å²) in [5.74, 6) is -0.0203. The van der Waals surface area contributed by atoms with Crippen LogP contribution in [0, 0.1) is 10.1 Å². The van der Waals surface area contributed by atoms with Crippen LogP contribution in [0.2, 0.25) is 0 Å². The van der Waals surface area contributed by atoms with E-state index in [1.54, 1.807) is 43.3 Å². The molecule has 1 atom stereocenters. The standard InChI is InChI=1S/C12H16N4O3/c1-9(17)7-14(2)8-10-12(16(18)19)15-6-4-3-5-11(15)13-10/h3-6,9,17H,7-8H2,1-2H3. The highest BCUT2D eigenvalue weighted by molar-refractivity contribution is 5.48. The lowest BCUT2D eigenvalue weighted by Gasteiger charge is -2.16. The second-order valence-corrected chi connectivity index (χ2v) is 4.61. The normalized spacial score (nSPS) is 13.1. The van der Waals surface area contributed by atoms with E-state index in [-0.39, 0.29) is 5.82 Å². The minimum absolute atomic E-state index is 0.0203. The molecule has 7 heteroatoms. The molecule has 0 aromatic carbocycles. The Bertz CT molecular complexity index is 594. The van der Waals surface area contributed by atoms with Crippen molar-refractivity contribution in [3.05, 3.63) is 40.2 Å². The van der Waals surface area contributed by atoms with E-state index in [1.807, 2.05) is 0 Å². The van der Waals surface area contributed by atoms with E-state index in [0.29, 0.717) is 24.4 Å². The van der Waals surface area contributed by atoms with Gasteiger partial charge in [-0.3, -0.25) is 4.90 Å². The van der Waals surface area contributed by atoms with Gasteiger partial charge in [-0.1, -0.05) is 6.07 Å². The zero-order valence-corrected chi connectivity index (χ0v) is 10.9. The van der Waals surface area contributed by atoms with Crippen LogP contribution < -0.4 is 0 Å². The summed E-state index contributed by atoms with van der Waals surface area (Å²) in [5.41, 5.74) is 0.953. The van der Waals surface area contributed by atoms with E-state index in [4.69, 9.17) is 0 Å². The number of hydrogen-bond donors (Lipinski definition) is 1. The summed E-state index contributed by atoms with van der Waals surface area (Å²) in [6, 6.07) is 5.24. The van der Waals surface area contributed by atoms with Crippen LogP contribution in [0.5, 0.6) is 0 Å². The van der Waals surface area contributed by atoms with E-state index in [2.05, 4.69) is 4.98 Å². The van der Waals surface area contributed by atoms with Crippen LogP contribution in [0.25, 0.3) is 5.65 Å². The monoisotopic (exact) mass is 264 g/mol. The molecular formula is C12H16N4O3. The predicted molar refractivity (Wildman–Crippen MR) is 69.9 cm³/mol. The third-order valence-electron chi connectivity index (χ3n) is 2.74. The van der Waals surface area contributed by atoms with Crippen molar-refractivity contribution in [1.29, 1.82) is 0 Å². The topological polar surface area (TPSA) is 83.9 Å². The summed E-state index contributed by atoms with van der Waals surface area (Å²) in [6.45, 7) is 2.43. The quantitative estimate of drug-likeness (QED) is 0.644. The van der Waals surface area contributed by atoms with Crippen LogP contribution in [-0.2, 0) is 6.54 Å². The molecule has 102 valence electrons. The smallest absolute Gasteiger partial charge is 0.352 e. The summed E-state index contributed by atoms with van der Waals surface area (Å²) in [7, 11) is 1.79. The molecule has 0 saturated heterocycles. The van der Waals surface area contributed by atoms with E-state index in [1.165, 1.54) is 4.40 Å². The molecule has 1 N–H and O–H groups in total. The summed E-state index contributed by atoms with van der Waals surface area (Å²) in [4.78, 5) is 16.8. The second-order valence-electron chi connectivity index (χ2n) is 4.61. The molecule has 0 radical (unpaired) electrons. The molecule has 0 fully saturated rings. The maximum atomic E-state index is 11.2. The Morgan fingerprint density at radius 2 is 2.32 bits per heavy atom. The molecule has 7 nitrogen and oxygen atoms in total. The molecule has 2 aromatic rings. The predicted octanol–water partition coefficient (Wildman–Crippen LogP) is 1.06. The number of aliphatic hydroxyl groups is 1. The Kier molecular flexibility index (Phi) is 3.77. The fourth-order valence-corrected chi connectivity index (χ4v) is 2.10. The summed E-state index contributed by atoms with van der Waals surface area (Å²) >= 11 is 0. The number of rotatable bonds is 5. The zero-order chi connectivity index (χ0) is 14.0. The van der Waals surface area contributed by atoms with Crippen molar-refractivity contribution in [3.63, 3.8) is 0 Å². The Morgan fingerprint density at radius 1 is 1.58 bits per heavy atom. The van der Waals surface area contributed by atoms with Gasteiger partial charge in [0.25, 0.3) is 0 Å². The van der Waals surface area contributed by atoms with Gasteiger partial charge in [0, 0.05) is 19.2 Å². The van der Waals surface area contributed by atoms with E-state index in [9.17, 15) is 15.2 Å². The molecule has 2 heterocycles. The Morgan fingerprint density at radius 3 is 2.95 bits per heavy atom. The molecule has 2 aromatic heterocycles. The molecule has 1 unspecified atom stereocenters. The first-order valence-corrected chi connectivity index (χ1v) is 5.96.